The van der Waals surface area contributed by atoms with Gasteiger partial charge in [-0.1, -0.05) is 0 Å². The fourth-order valence-electron chi connectivity index (χ4n) is 1.81. The van der Waals surface area contributed by atoms with Crippen molar-refractivity contribution in [3.63, 3.8) is 0 Å². The number of aromatic amines is 1. The molecule has 0 radical (unpaired) electrons. The Labute approximate surface area is 116 Å². The highest BCUT2D eigenvalue weighted by Gasteiger charge is 2.24. The van der Waals surface area contributed by atoms with Gasteiger partial charge in [0.15, 0.2) is 5.69 Å². The molecule has 6 heteroatoms. The van der Waals surface area contributed by atoms with E-state index in [-0.39, 0.29) is 11.9 Å². The number of amides is 1. The molecule has 19 heavy (non-hydrogen) atoms. The van der Waals surface area contributed by atoms with Crippen molar-refractivity contribution in [1.82, 2.24) is 15.1 Å². The highest BCUT2D eigenvalue weighted by atomic mass is 32.1. The van der Waals surface area contributed by atoms with Crippen LogP contribution in [-0.4, -0.2) is 28.1 Å². The Bertz CT molecular complexity index is 602. The fraction of sp³-hybridized carbons (Fsp3) is 0.385. The molecule has 5 nitrogen and oxygen atoms in total. The lowest BCUT2D eigenvalue weighted by Crippen LogP contribution is -2.30. The molecule has 0 saturated heterocycles. The number of carbonyl (C=O) groups excluding carboxylic acids is 1. The molecule has 0 aromatic carbocycles. The van der Waals surface area contributed by atoms with Crippen LogP contribution in [0.15, 0.2) is 12.1 Å². The molecule has 0 spiro atoms. The van der Waals surface area contributed by atoms with Crippen molar-refractivity contribution in [2.75, 3.05) is 12.8 Å². The Kier molecular flexibility index (Phi) is 3.61. The normalized spacial score (nSPS) is 12.4. The molecular weight excluding hydrogens is 260 g/mol. The van der Waals surface area contributed by atoms with Crippen LogP contribution in [0.2, 0.25) is 0 Å². The maximum Gasteiger partial charge on any atom is 0.276 e. The smallest absolute Gasteiger partial charge is 0.276 e. The number of hydrogen-bond donors (Lipinski definition) is 2. The number of rotatable bonds is 3. The van der Waals surface area contributed by atoms with Crippen LogP contribution in [0.25, 0.3) is 0 Å². The summed E-state index contributed by atoms with van der Waals surface area (Å²) in [6.45, 7) is 5.85. The van der Waals surface area contributed by atoms with Gasteiger partial charge in [0.1, 0.15) is 0 Å². The largest absolute Gasteiger partial charge is 0.395 e. The van der Waals surface area contributed by atoms with Crippen LogP contribution < -0.4 is 5.73 Å². The Morgan fingerprint density at radius 3 is 2.63 bits per heavy atom. The minimum absolute atomic E-state index is 0.00241. The molecule has 0 aliphatic rings. The zero-order chi connectivity index (χ0) is 14.2. The van der Waals surface area contributed by atoms with Crippen LogP contribution in [0, 0.1) is 13.8 Å². The minimum atomic E-state index is -0.166. The van der Waals surface area contributed by atoms with Gasteiger partial charge in [0.2, 0.25) is 0 Å². The molecule has 3 N–H and O–H groups in total. The van der Waals surface area contributed by atoms with E-state index in [2.05, 4.69) is 23.2 Å². The van der Waals surface area contributed by atoms with Gasteiger partial charge >= 0.3 is 0 Å². The number of hydrogen-bond acceptors (Lipinski definition) is 4. The number of thiophene rings is 1. The first kappa shape index (κ1) is 13.6. The van der Waals surface area contributed by atoms with E-state index in [1.165, 1.54) is 4.88 Å². The lowest BCUT2D eigenvalue weighted by atomic mass is 10.2. The van der Waals surface area contributed by atoms with Gasteiger partial charge in [0.25, 0.3) is 5.91 Å². The molecule has 0 aliphatic heterocycles. The predicted molar refractivity (Wildman–Crippen MR) is 77.3 cm³/mol. The SMILES string of the molecule is Cc1ccc(C(C)N(C)C(=O)c2n[nH]c(C)c2N)s1. The Morgan fingerprint density at radius 2 is 2.16 bits per heavy atom. The molecule has 0 saturated carbocycles. The average Bonchev–Trinajstić information content (AvgIpc) is 2.95. The van der Waals surface area contributed by atoms with Gasteiger partial charge in [-0.2, -0.15) is 5.10 Å². The maximum absolute atomic E-state index is 12.4. The number of nitrogen functional groups attached to an aromatic ring is 1. The summed E-state index contributed by atoms with van der Waals surface area (Å²) in [5, 5.41) is 6.72. The second kappa shape index (κ2) is 5.05. The van der Waals surface area contributed by atoms with E-state index in [1.807, 2.05) is 13.0 Å². The monoisotopic (exact) mass is 278 g/mol. The topological polar surface area (TPSA) is 75.0 Å². The van der Waals surface area contributed by atoms with Crippen LogP contribution in [0.5, 0.6) is 0 Å². The van der Waals surface area contributed by atoms with Crippen molar-refractivity contribution in [2.45, 2.75) is 26.8 Å². The number of H-pyrrole nitrogens is 1. The van der Waals surface area contributed by atoms with Gasteiger partial charge in [-0.15, -0.1) is 11.3 Å². The number of anilines is 1. The molecule has 102 valence electrons. The first-order valence-electron chi connectivity index (χ1n) is 6.05. The Morgan fingerprint density at radius 1 is 1.47 bits per heavy atom. The molecule has 0 aliphatic carbocycles. The number of aryl methyl sites for hydroxylation is 2. The van der Waals surface area contributed by atoms with E-state index in [0.717, 1.165) is 10.6 Å². The summed E-state index contributed by atoms with van der Waals surface area (Å²) in [6.07, 6.45) is 0. The minimum Gasteiger partial charge on any atom is -0.395 e. The molecule has 2 aromatic rings. The second-order valence-corrected chi connectivity index (χ2v) is 5.97. The number of nitrogens with two attached hydrogens (primary N) is 1. The third-order valence-corrected chi connectivity index (χ3v) is 4.44. The van der Waals surface area contributed by atoms with Gasteiger partial charge in [-0.3, -0.25) is 9.89 Å². The summed E-state index contributed by atoms with van der Waals surface area (Å²) in [5.41, 5.74) is 7.28. The zero-order valence-electron chi connectivity index (χ0n) is 11.5. The molecule has 1 atom stereocenters. The van der Waals surface area contributed by atoms with Crippen LogP contribution >= 0.6 is 11.3 Å². The zero-order valence-corrected chi connectivity index (χ0v) is 12.3. The summed E-state index contributed by atoms with van der Waals surface area (Å²) in [5.74, 6) is -0.166. The summed E-state index contributed by atoms with van der Waals surface area (Å²) in [6, 6.07) is 4.11. The van der Waals surface area contributed by atoms with Crippen LogP contribution in [0.3, 0.4) is 0 Å². The van der Waals surface area contributed by atoms with Crippen molar-refractivity contribution in [3.05, 3.63) is 33.3 Å². The quantitative estimate of drug-likeness (QED) is 0.905. The second-order valence-electron chi connectivity index (χ2n) is 4.65. The van der Waals surface area contributed by atoms with Gasteiger partial charge < -0.3 is 10.6 Å². The molecular formula is C13H18N4OS. The standard InChI is InChI=1S/C13H18N4OS/c1-7-5-6-10(19-7)9(3)17(4)13(18)12-11(14)8(2)15-16-12/h5-6,9H,14H2,1-4H3,(H,15,16). The Hall–Kier alpha value is -1.82. The van der Waals surface area contributed by atoms with Crippen molar-refractivity contribution < 1.29 is 4.79 Å². The summed E-state index contributed by atoms with van der Waals surface area (Å²) >= 11 is 1.69. The summed E-state index contributed by atoms with van der Waals surface area (Å²) in [4.78, 5) is 16.4. The maximum atomic E-state index is 12.4. The van der Waals surface area contributed by atoms with E-state index >= 15 is 0 Å². The van der Waals surface area contributed by atoms with Gasteiger partial charge in [0.05, 0.1) is 17.4 Å². The fourth-order valence-corrected chi connectivity index (χ4v) is 2.79. The number of nitrogens with zero attached hydrogens (tertiary/aromatic N) is 2. The van der Waals surface area contributed by atoms with Crippen molar-refractivity contribution >= 4 is 22.9 Å². The molecule has 0 bridgehead atoms. The average molecular weight is 278 g/mol. The van der Waals surface area contributed by atoms with Crippen LogP contribution in [0.4, 0.5) is 5.69 Å². The first-order chi connectivity index (χ1) is 8.91. The lowest BCUT2D eigenvalue weighted by molar-refractivity contribution is 0.0740. The third-order valence-electron chi connectivity index (χ3n) is 3.27. The van der Waals surface area contributed by atoms with Crippen LogP contribution in [0.1, 0.15) is 38.9 Å². The Balaban J connectivity index is 2.22. The first-order valence-corrected chi connectivity index (χ1v) is 6.87. The molecule has 2 aromatic heterocycles. The molecule has 2 heterocycles. The van der Waals surface area contributed by atoms with E-state index in [4.69, 9.17) is 5.73 Å². The summed E-state index contributed by atoms with van der Waals surface area (Å²) in [7, 11) is 1.77. The van der Waals surface area contributed by atoms with E-state index in [1.54, 1.807) is 30.2 Å². The van der Waals surface area contributed by atoms with Gasteiger partial charge in [-0.05, 0) is 32.9 Å². The summed E-state index contributed by atoms with van der Waals surface area (Å²) < 4.78 is 0. The van der Waals surface area contributed by atoms with E-state index < -0.39 is 0 Å². The van der Waals surface area contributed by atoms with Crippen molar-refractivity contribution in [1.29, 1.82) is 0 Å². The number of nitrogens with one attached hydrogen (secondary N) is 1. The highest BCUT2D eigenvalue weighted by Crippen LogP contribution is 2.28. The molecule has 2 rings (SSSR count). The van der Waals surface area contributed by atoms with E-state index in [9.17, 15) is 4.79 Å². The van der Waals surface area contributed by atoms with Crippen LogP contribution in [-0.2, 0) is 0 Å². The van der Waals surface area contributed by atoms with Gasteiger partial charge in [-0.25, -0.2) is 0 Å². The number of carbonyl (C=O) groups is 1. The van der Waals surface area contributed by atoms with Crippen molar-refractivity contribution in [3.8, 4) is 0 Å². The highest BCUT2D eigenvalue weighted by molar-refractivity contribution is 7.12. The van der Waals surface area contributed by atoms with Crippen molar-refractivity contribution in [2.24, 2.45) is 0 Å². The van der Waals surface area contributed by atoms with E-state index in [0.29, 0.717) is 11.4 Å². The molecule has 1 unspecified atom stereocenters. The van der Waals surface area contributed by atoms with Gasteiger partial charge in [0, 0.05) is 16.8 Å². The lowest BCUT2D eigenvalue weighted by Gasteiger charge is -2.23. The molecule has 0 fully saturated rings. The number of aromatic nitrogens is 2. The predicted octanol–water partition coefficient (Wildman–Crippen LogP) is 2.50. The molecule has 1 amide bonds. The third kappa shape index (κ3) is 2.49.